The van der Waals surface area contributed by atoms with Gasteiger partial charge in [0.25, 0.3) is 0 Å². The van der Waals surface area contributed by atoms with E-state index in [1.54, 1.807) is 12.1 Å². The second-order valence-corrected chi connectivity index (χ2v) is 6.34. The Morgan fingerprint density at radius 3 is 2.86 bits per heavy atom. The molecule has 0 atom stereocenters. The van der Waals surface area contributed by atoms with Gasteiger partial charge in [0, 0.05) is 27.5 Å². The van der Waals surface area contributed by atoms with Gasteiger partial charge in [-0.05, 0) is 29.8 Å². The third-order valence-corrected chi connectivity index (χ3v) is 4.49. The molecular weight excluding hydrogens is 351 g/mol. The second-order valence-electron chi connectivity index (χ2n) is 4.57. The van der Waals surface area contributed by atoms with E-state index in [-0.39, 0.29) is 5.82 Å². The largest absolute Gasteiger partial charge is 0.326 e. The molecule has 106 valence electrons. The topological polar surface area (TPSA) is 38.9 Å². The summed E-state index contributed by atoms with van der Waals surface area (Å²) in [5.74, 6) is -0.269. The lowest BCUT2D eigenvalue weighted by Gasteiger charge is -2.01. The van der Waals surface area contributed by atoms with Gasteiger partial charge in [-0.2, -0.15) is 0 Å². The molecule has 1 aromatic heterocycles. The molecule has 2 aromatic carbocycles. The van der Waals surface area contributed by atoms with Crippen molar-refractivity contribution < 1.29 is 4.39 Å². The number of aromatic nitrogens is 1. The Hall–Kier alpha value is -1.56. The molecule has 0 unspecified atom stereocenters. The monoisotopic (exact) mass is 362 g/mol. The minimum Gasteiger partial charge on any atom is -0.326 e. The highest BCUT2D eigenvalue weighted by Gasteiger charge is 2.11. The normalized spacial score (nSPS) is 10.8. The molecule has 0 bridgehead atoms. The average molecular weight is 363 g/mol. The van der Waals surface area contributed by atoms with Crippen molar-refractivity contribution >= 4 is 27.3 Å². The van der Waals surface area contributed by atoms with Crippen molar-refractivity contribution in [3.63, 3.8) is 0 Å². The van der Waals surface area contributed by atoms with Crippen molar-refractivity contribution in [2.75, 3.05) is 0 Å². The van der Waals surface area contributed by atoms with Crippen molar-refractivity contribution in [3.8, 4) is 21.8 Å². The number of hydrogen-bond donors (Lipinski definition) is 1. The quantitative estimate of drug-likeness (QED) is 0.723. The third-order valence-electron chi connectivity index (χ3n) is 3.12. The molecule has 0 radical (unpaired) electrons. The van der Waals surface area contributed by atoms with Crippen LogP contribution in [0.5, 0.6) is 0 Å². The van der Waals surface area contributed by atoms with Crippen molar-refractivity contribution in [2.24, 2.45) is 5.73 Å². The maximum absolute atomic E-state index is 13.9. The van der Waals surface area contributed by atoms with Gasteiger partial charge in [0.15, 0.2) is 0 Å². The van der Waals surface area contributed by atoms with Crippen LogP contribution in [0.2, 0.25) is 0 Å². The predicted octanol–water partition coefficient (Wildman–Crippen LogP) is 4.84. The highest BCUT2D eigenvalue weighted by atomic mass is 79.9. The van der Waals surface area contributed by atoms with E-state index in [0.717, 1.165) is 21.3 Å². The van der Waals surface area contributed by atoms with Crippen molar-refractivity contribution in [1.82, 2.24) is 4.98 Å². The van der Waals surface area contributed by atoms with E-state index in [1.807, 2.05) is 29.6 Å². The Bertz CT molecular complexity index is 785. The van der Waals surface area contributed by atoms with Gasteiger partial charge in [-0.3, -0.25) is 0 Å². The summed E-state index contributed by atoms with van der Waals surface area (Å²) >= 11 is 4.79. The van der Waals surface area contributed by atoms with E-state index in [1.165, 1.54) is 17.4 Å². The molecule has 3 rings (SSSR count). The maximum atomic E-state index is 13.9. The Kier molecular flexibility index (Phi) is 4.14. The van der Waals surface area contributed by atoms with Gasteiger partial charge < -0.3 is 5.73 Å². The Labute approximate surface area is 134 Å². The molecule has 0 aliphatic rings. The van der Waals surface area contributed by atoms with E-state index in [2.05, 4.69) is 20.9 Å². The minimum atomic E-state index is -0.269. The molecule has 0 saturated carbocycles. The van der Waals surface area contributed by atoms with Crippen LogP contribution < -0.4 is 5.73 Å². The van der Waals surface area contributed by atoms with Gasteiger partial charge in [-0.25, -0.2) is 9.37 Å². The van der Waals surface area contributed by atoms with Crippen LogP contribution in [0.25, 0.3) is 21.8 Å². The summed E-state index contributed by atoms with van der Waals surface area (Å²) in [4.78, 5) is 4.54. The fourth-order valence-electron chi connectivity index (χ4n) is 2.05. The van der Waals surface area contributed by atoms with Crippen LogP contribution in [-0.4, -0.2) is 4.98 Å². The van der Waals surface area contributed by atoms with Gasteiger partial charge in [-0.15, -0.1) is 11.3 Å². The van der Waals surface area contributed by atoms with E-state index in [0.29, 0.717) is 17.1 Å². The highest BCUT2D eigenvalue weighted by Crippen LogP contribution is 2.32. The predicted molar refractivity (Wildman–Crippen MR) is 88.5 cm³/mol. The first-order valence-corrected chi connectivity index (χ1v) is 8.05. The molecule has 0 spiro atoms. The summed E-state index contributed by atoms with van der Waals surface area (Å²) in [6.07, 6.45) is 0. The van der Waals surface area contributed by atoms with E-state index in [4.69, 9.17) is 5.73 Å². The number of rotatable bonds is 3. The zero-order valence-electron chi connectivity index (χ0n) is 11.0. The van der Waals surface area contributed by atoms with Crippen LogP contribution in [-0.2, 0) is 6.54 Å². The molecule has 21 heavy (non-hydrogen) atoms. The van der Waals surface area contributed by atoms with Gasteiger partial charge in [0.2, 0.25) is 0 Å². The Morgan fingerprint density at radius 1 is 1.19 bits per heavy atom. The molecule has 2 nitrogen and oxygen atoms in total. The Morgan fingerprint density at radius 2 is 2.05 bits per heavy atom. The number of hydrogen-bond acceptors (Lipinski definition) is 3. The summed E-state index contributed by atoms with van der Waals surface area (Å²) in [7, 11) is 0. The molecule has 3 aromatic rings. The number of halogens is 2. The lowest BCUT2D eigenvalue weighted by atomic mass is 10.1. The lowest BCUT2D eigenvalue weighted by molar-refractivity contribution is 0.631. The fraction of sp³-hybridized carbons (Fsp3) is 0.0625. The van der Waals surface area contributed by atoms with E-state index in [9.17, 15) is 4.39 Å². The highest BCUT2D eigenvalue weighted by molar-refractivity contribution is 9.10. The molecule has 0 aliphatic heterocycles. The second kappa shape index (κ2) is 6.05. The average Bonchev–Trinajstić information content (AvgIpc) is 2.99. The molecular formula is C16H12BrFN2S. The summed E-state index contributed by atoms with van der Waals surface area (Å²) in [5, 5.41) is 2.60. The van der Waals surface area contributed by atoms with E-state index >= 15 is 0 Å². The van der Waals surface area contributed by atoms with Gasteiger partial charge in [0.05, 0.1) is 5.69 Å². The van der Waals surface area contributed by atoms with Crippen LogP contribution in [0, 0.1) is 5.82 Å². The Balaban J connectivity index is 2.01. The SMILES string of the molecule is NCc1cccc(-c2csc(-c3cc(Br)ccc3F)n2)c1. The van der Waals surface area contributed by atoms with Crippen molar-refractivity contribution in [3.05, 3.63) is 63.7 Å². The van der Waals surface area contributed by atoms with Gasteiger partial charge >= 0.3 is 0 Å². The van der Waals surface area contributed by atoms with Gasteiger partial charge in [-0.1, -0.05) is 34.1 Å². The molecule has 0 saturated heterocycles. The fourth-order valence-corrected chi connectivity index (χ4v) is 3.26. The van der Waals surface area contributed by atoms with Crippen molar-refractivity contribution in [1.29, 1.82) is 0 Å². The number of nitrogens with zero attached hydrogens (tertiary/aromatic N) is 1. The van der Waals surface area contributed by atoms with Crippen LogP contribution >= 0.6 is 27.3 Å². The zero-order chi connectivity index (χ0) is 14.8. The number of benzene rings is 2. The van der Waals surface area contributed by atoms with Crippen LogP contribution in [0.1, 0.15) is 5.56 Å². The third kappa shape index (κ3) is 3.05. The molecule has 0 amide bonds. The van der Waals surface area contributed by atoms with Crippen molar-refractivity contribution in [2.45, 2.75) is 6.54 Å². The summed E-state index contributed by atoms with van der Waals surface area (Å²) in [6.45, 7) is 0.491. The summed E-state index contributed by atoms with van der Waals surface area (Å²) in [6, 6.07) is 12.8. The minimum absolute atomic E-state index is 0.269. The standard InChI is InChI=1S/C16H12BrFN2S/c17-12-4-5-14(18)13(7-12)16-20-15(9-21-16)11-3-1-2-10(6-11)8-19/h1-7,9H,8,19H2. The summed E-state index contributed by atoms with van der Waals surface area (Å²) in [5.41, 5.74) is 9.05. The number of thiazole rings is 1. The zero-order valence-corrected chi connectivity index (χ0v) is 13.4. The van der Waals surface area contributed by atoms with Crippen LogP contribution in [0.3, 0.4) is 0 Å². The number of nitrogens with two attached hydrogens (primary N) is 1. The first kappa shape index (κ1) is 14.4. The summed E-state index contributed by atoms with van der Waals surface area (Å²) < 4.78 is 14.7. The van der Waals surface area contributed by atoms with Gasteiger partial charge in [0.1, 0.15) is 10.8 Å². The first-order chi connectivity index (χ1) is 10.2. The molecule has 0 fully saturated rings. The van der Waals surface area contributed by atoms with Crippen LogP contribution in [0.4, 0.5) is 4.39 Å². The molecule has 5 heteroatoms. The lowest BCUT2D eigenvalue weighted by Crippen LogP contribution is -1.95. The molecule has 0 aliphatic carbocycles. The van der Waals surface area contributed by atoms with E-state index < -0.39 is 0 Å². The smallest absolute Gasteiger partial charge is 0.133 e. The van der Waals surface area contributed by atoms with Crippen LogP contribution in [0.15, 0.2) is 52.3 Å². The molecule has 1 heterocycles. The molecule has 2 N–H and O–H groups in total. The maximum Gasteiger partial charge on any atom is 0.133 e. The first-order valence-electron chi connectivity index (χ1n) is 6.37.